The summed E-state index contributed by atoms with van der Waals surface area (Å²) in [7, 11) is 0. The van der Waals surface area contributed by atoms with Gasteiger partial charge in [-0.15, -0.1) is 0 Å². The zero-order valence-corrected chi connectivity index (χ0v) is 26.3. The largest absolute Gasteiger partial charge is 0.491 e. The monoisotopic (exact) mass is 646 g/mol. The second-order valence-electron chi connectivity index (χ2n) is 12.1. The van der Waals surface area contributed by atoms with E-state index in [1.54, 1.807) is 13.0 Å². The first-order valence-corrected chi connectivity index (χ1v) is 16.2. The van der Waals surface area contributed by atoms with E-state index < -0.39 is 34.9 Å². The fraction of sp³-hybridized carbons (Fsp3) is 0.459. The van der Waals surface area contributed by atoms with Crippen molar-refractivity contribution in [1.82, 2.24) is 0 Å². The van der Waals surface area contributed by atoms with Gasteiger partial charge in [0.15, 0.2) is 34.8 Å². The molecule has 0 aliphatic heterocycles. The van der Waals surface area contributed by atoms with Gasteiger partial charge in [-0.3, -0.25) is 0 Å². The topological polar surface area (TPSA) is 27.7 Å². The van der Waals surface area contributed by atoms with E-state index in [1.807, 2.05) is 13.0 Å². The fourth-order valence-corrected chi connectivity index (χ4v) is 6.59. The van der Waals surface area contributed by atoms with Crippen molar-refractivity contribution in [1.29, 1.82) is 0 Å². The van der Waals surface area contributed by atoms with Crippen molar-refractivity contribution in [3.63, 3.8) is 0 Å². The summed E-state index contributed by atoms with van der Waals surface area (Å²) in [5.41, 5.74) is 0.346. The molecule has 0 saturated heterocycles. The molecule has 0 amide bonds. The molecule has 0 heterocycles. The van der Waals surface area contributed by atoms with E-state index in [9.17, 15) is 17.6 Å². The minimum atomic E-state index is -1.30. The van der Waals surface area contributed by atoms with Crippen LogP contribution in [0.25, 0.3) is 16.7 Å². The lowest BCUT2D eigenvalue weighted by Crippen LogP contribution is -2.27. The molecule has 46 heavy (non-hydrogen) atoms. The van der Waals surface area contributed by atoms with Crippen molar-refractivity contribution >= 4 is 5.57 Å². The maximum Gasteiger partial charge on any atom is 0.201 e. The highest BCUT2D eigenvalue weighted by atomic mass is 19.2. The third-order valence-corrected chi connectivity index (χ3v) is 9.26. The molecule has 0 bridgehead atoms. The number of benzene rings is 3. The molecule has 1 fully saturated rings. The number of halogens is 6. The van der Waals surface area contributed by atoms with Gasteiger partial charge in [0, 0.05) is 22.3 Å². The molecule has 5 rings (SSSR count). The Morgan fingerprint density at radius 1 is 0.630 bits per heavy atom. The lowest BCUT2D eigenvalue weighted by atomic mass is 9.73. The van der Waals surface area contributed by atoms with Crippen LogP contribution in [0.5, 0.6) is 11.5 Å². The van der Waals surface area contributed by atoms with Crippen LogP contribution in [0.3, 0.4) is 0 Å². The van der Waals surface area contributed by atoms with Gasteiger partial charge in [-0.25, -0.2) is 17.6 Å². The SMILES string of the molecule is CCCCOc1ccc(-c2ccc(COC3CCC(C4CC=C(c5ccc(OCC)c(F)c5F)CC4)CC3)c(F)c2F)c(F)c1F. The first-order chi connectivity index (χ1) is 22.2. The van der Waals surface area contributed by atoms with E-state index in [4.69, 9.17) is 14.2 Å². The van der Waals surface area contributed by atoms with Crippen molar-refractivity contribution in [3.05, 3.63) is 88.5 Å². The summed E-state index contributed by atoms with van der Waals surface area (Å²) >= 11 is 0. The quantitative estimate of drug-likeness (QED) is 0.145. The number of hydrogen-bond acceptors (Lipinski definition) is 3. The van der Waals surface area contributed by atoms with Crippen LogP contribution < -0.4 is 9.47 Å². The van der Waals surface area contributed by atoms with Crippen LogP contribution in [0.4, 0.5) is 26.3 Å². The second kappa shape index (κ2) is 15.4. The molecule has 3 aromatic rings. The molecule has 0 N–H and O–H groups in total. The van der Waals surface area contributed by atoms with Gasteiger partial charge in [-0.2, -0.15) is 8.78 Å². The van der Waals surface area contributed by atoms with Crippen molar-refractivity contribution in [2.24, 2.45) is 11.8 Å². The summed E-state index contributed by atoms with van der Waals surface area (Å²) in [5.74, 6) is -6.23. The van der Waals surface area contributed by atoms with Crippen LogP contribution in [0, 0.1) is 46.7 Å². The van der Waals surface area contributed by atoms with Crippen LogP contribution in [-0.4, -0.2) is 19.3 Å². The number of unbranched alkanes of at least 4 members (excludes halogenated alkanes) is 1. The lowest BCUT2D eigenvalue weighted by molar-refractivity contribution is -0.000995. The minimum Gasteiger partial charge on any atom is -0.491 e. The second-order valence-corrected chi connectivity index (χ2v) is 12.1. The summed E-state index contributed by atoms with van der Waals surface area (Å²) < 4.78 is 105. The van der Waals surface area contributed by atoms with Gasteiger partial charge in [-0.05, 0) is 100.0 Å². The smallest absolute Gasteiger partial charge is 0.201 e. The minimum absolute atomic E-state index is 0.00618. The van der Waals surface area contributed by atoms with Gasteiger partial charge >= 0.3 is 0 Å². The maximum atomic E-state index is 15.1. The molecule has 3 nitrogen and oxygen atoms in total. The van der Waals surface area contributed by atoms with Crippen molar-refractivity contribution in [2.75, 3.05) is 13.2 Å². The lowest BCUT2D eigenvalue weighted by Gasteiger charge is -2.35. The first kappa shape index (κ1) is 33.9. The Labute approximate surface area is 266 Å². The molecule has 1 atom stereocenters. The Kier molecular flexibility index (Phi) is 11.4. The molecule has 0 aromatic heterocycles. The number of ether oxygens (including phenoxy) is 3. The van der Waals surface area contributed by atoms with Crippen molar-refractivity contribution < 1.29 is 40.6 Å². The molecule has 0 spiro atoms. The van der Waals surface area contributed by atoms with E-state index in [2.05, 4.69) is 0 Å². The predicted octanol–water partition coefficient (Wildman–Crippen LogP) is 10.7. The van der Waals surface area contributed by atoms with Crippen LogP contribution in [-0.2, 0) is 11.3 Å². The molecule has 0 radical (unpaired) electrons. The van der Waals surface area contributed by atoms with Crippen LogP contribution in [0.15, 0.2) is 42.5 Å². The standard InChI is InChI=1S/C37H40F6O3/c1-3-5-20-45-31-19-17-29(35(41)37(31)43)28-15-12-25(32(38)34(28)40)21-46-26-13-10-23(11-14-26)22-6-8-24(9-7-22)27-16-18-30(44-4-2)36(42)33(27)39/h8,12,15-19,22-23,26H,3-7,9-11,13-14,20-21H2,1-2H3. The average Bonchev–Trinajstić information content (AvgIpc) is 3.07. The van der Waals surface area contributed by atoms with Gasteiger partial charge in [0.25, 0.3) is 0 Å². The van der Waals surface area contributed by atoms with Crippen molar-refractivity contribution in [3.8, 4) is 22.6 Å². The Hall–Kier alpha value is -3.46. The Morgan fingerprint density at radius 2 is 1.24 bits per heavy atom. The Morgan fingerprint density at radius 3 is 1.87 bits per heavy atom. The zero-order valence-electron chi connectivity index (χ0n) is 26.3. The average molecular weight is 647 g/mol. The predicted molar refractivity (Wildman–Crippen MR) is 165 cm³/mol. The van der Waals surface area contributed by atoms with Crippen LogP contribution >= 0.6 is 0 Å². The third-order valence-electron chi connectivity index (χ3n) is 9.26. The normalized spacial score (nSPS) is 20.0. The van der Waals surface area contributed by atoms with Crippen molar-refractivity contribution in [2.45, 2.75) is 84.3 Å². The van der Waals surface area contributed by atoms with Gasteiger partial charge in [0.2, 0.25) is 11.6 Å². The molecule has 9 heteroatoms. The number of hydrogen-bond donors (Lipinski definition) is 0. The Bertz CT molecular complexity index is 1550. The van der Waals surface area contributed by atoms with Gasteiger partial charge in [0.1, 0.15) is 0 Å². The molecular weight excluding hydrogens is 606 g/mol. The summed E-state index contributed by atoms with van der Waals surface area (Å²) in [6.45, 7) is 4.00. The van der Waals surface area contributed by atoms with E-state index in [-0.39, 0.29) is 59.7 Å². The fourth-order valence-electron chi connectivity index (χ4n) is 6.59. The van der Waals surface area contributed by atoms with Gasteiger partial charge in [-0.1, -0.05) is 31.6 Å². The third kappa shape index (κ3) is 7.40. The van der Waals surface area contributed by atoms with E-state index in [1.165, 1.54) is 30.3 Å². The van der Waals surface area contributed by atoms with Gasteiger partial charge < -0.3 is 14.2 Å². The summed E-state index contributed by atoms with van der Waals surface area (Å²) in [4.78, 5) is 0. The summed E-state index contributed by atoms with van der Waals surface area (Å²) in [6.07, 6.45) is 9.13. The Balaban J connectivity index is 1.14. The van der Waals surface area contributed by atoms with Crippen LogP contribution in [0.1, 0.15) is 82.8 Å². The van der Waals surface area contributed by atoms with E-state index >= 15 is 8.78 Å². The number of allylic oxidation sites excluding steroid dienone is 2. The number of rotatable bonds is 12. The molecule has 248 valence electrons. The summed E-state index contributed by atoms with van der Waals surface area (Å²) in [5, 5.41) is 0. The maximum absolute atomic E-state index is 15.1. The highest BCUT2D eigenvalue weighted by Crippen LogP contribution is 2.42. The molecule has 1 saturated carbocycles. The van der Waals surface area contributed by atoms with Gasteiger partial charge in [0.05, 0.1) is 25.9 Å². The highest BCUT2D eigenvalue weighted by molar-refractivity contribution is 5.68. The molecule has 2 aliphatic carbocycles. The van der Waals surface area contributed by atoms with Crippen LogP contribution in [0.2, 0.25) is 0 Å². The first-order valence-electron chi connectivity index (χ1n) is 16.2. The summed E-state index contributed by atoms with van der Waals surface area (Å²) in [6, 6.07) is 8.05. The highest BCUT2D eigenvalue weighted by Gasteiger charge is 2.30. The molecule has 3 aromatic carbocycles. The van der Waals surface area contributed by atoms with E-state index in [0.717, 1.165) is 50.5 Å². The van der Waals surface area contributed by atoms with E-state index in [0.29, 0.717) is 24.7 Å². The molecule has 1 unspecified atom stereocenters. The molecule has 2 aliphatic rings. The molecular formula is C37H40F6O3. The zero-order chi connectivity index (χ0) is 32.8.